The molecule has 2 aromatic carbocycles. The van der Waals surface area contributed by atoms with E-state index >= 15 is 0 Å². The molecule has 0 spiro atoms. The number of rotatable bonds is 2. The lowest BCUT2D eigenvalue weighted by Gasteiger charge is -2.07. The maximum atomic E-state index is 13.7. The van der Waals surface area contributed by atoms with Gasteiger partial charge in [0, 0.05) is 17.2 Å². The van der Waals surface area contributed by atoms with Crippen molar-refractivity contribution in [2.24, 2.45) is 0 Å². The van der Waals surface area contributed by atoms with Crippen LogP contribution in [-0.2, 0) is 0 Å². The first kappa shape index (κ1) is 12.4. The van der Waals surface area contributed by atoms with E-state index in [-0.39, 0.29) is 5.78 Å². The number of carbonyl (C=O) groups is 1. The highest BCUT2D eigenvalue weighted by Gasteiger charge is 2.10. The van der Waals surface area contributed by atoms with Gasteiger partial charge in [-0.05, 0) is 37.1 Å². The zero-order valence-electron chi connectivity index (χ0n) is 10.1. The van der Waals surface area contributed by atoms with Crippen molar-refractivity contribution in [3.05, 3.63) is 59.2 Å². The van der Waals surface area contributed by atoms with Crippen molar-refractivity contribution < 1.29 is 13.6 Å². The van der Waals surface area contributed by atoms with E-state index in [1.54, 1.807) is 31.2 Å². The van der Waals surface area contributed by atoms with Crippen molar-refractivity contribution in [2.45, 2.75) is 13.8 Å². The van der Waals surface area contributed by atoms with Crippen molar-refractivity contribution in [1.82, 2.24) is 0 Å². The minimum atomic E-state index is -0.626. The van der Waals surface area contributed by atoms with E-state index in [2.05, 4.69) is 0 Å². The molecule has 18 heavy (non-hydrogen) atoms. The molecule has 0 aliphatic carbocycles. The quantitative estimate of drug-likeness (QED) is 0.728. The van der Waals surface area contributed by atoms with E-state index in [0.29, 0.717) is 22.3 Å². The zero-order valence-corrected chi connectivity index (χ0v) is 10.1. The van der Waals surface area contributed by atoms with Crippen molar-refractivity contribution in [1.29, 1.82) is 0 Å². The molecule has 0 aliphatic rings. The Bertz CT molecular complexity index is 618. The van der Waals surface area contributed by atoms with Gasteiger partial charge >= 0.3 is 0 Å². The average molecular weight is 246 g/mol. The molecule has 0 aliphatic heterocycles. The van der Waals surface area contributed by atoms with Crippen LogP contribution in [0.15, 0.2) is 36.4 Å². The highest BCUT2D eigenvalue weighted by molar-refractivity contribution is 5.95. The summed E-state index contributed by atoms with van der Waals surface area (Å²) in [6.45, 7) is 3.03. The second-order valence-corrected chi connectivity index (χ2v) is 4.22. The number of ketones is 1. The highest BCUT2D eigenvalue weighted by Crippen LogP contribution is 2.26. The fourth-order valence-corrected chi connectivity index (χ4v) is 1.78. The van der Waals surface area contributed by atoms with Crippen LogP contribution in [0.2, 0.25) is 0 Å². The van der Waals surface area contributed by atoms with Gasteiger partial charge < -0.3 is 0 Å². The van der Waals surface area contributed by atoms with Gasteiger partial charge in [-0.15, -0.1) is 0 Å². The third-order valence-corrected chi connectivity index (χ3v) is 2.83. The van der Waals surface area contributed by atoms with E-state index in [9.17, 15) is 13.6 Å². The van der Waals surface area contributed by atoms with Crippen LogP contribution >= 0.6 is 0 Å². The summed E-state index contributed by atoms with van der Waals surface area (Å²) in [7, 11) is 0. The van der Waals surface area contributed by atoms with Crippen molar-refractivity contribution >= 4 is 5.78 Å². The van der Waals surface area contributed by atoms with Crippen LogP contribution < -0.4 is 0 Å². The van der Waals surface area contributed by atoms with E-state index in [0.717, 1.165) is 6.07 Å². The molecular formula is C15H12F2O. The third-order valence-electron chi connectivity index (χ3n) is 2.83. The van der Waals surface area contributed by atoms with E-state index in [1.165, 1.54) is 13.0 Å². The third kappa shape index (κ3) is 2.30. The zero-order chi connectivity index (χ0) is 13.3. The summed E-state index contributed by atoms with van der Waals surface area (Å²) in [5.41, 5.74) is 1.76. The molecule has 2 rings (SSSR count). The fourth-order valence-electron chi connectivity index (χ4n) is 1.78. The van der Waals surface area contributed by atoms with Gasteiger partial charge in [0.2, 0.25) is 0 Å². The van der Waals surface area contributed by atoms with Gasteiger partial charge in [-0.1, -0.05) is 18.2 Å². The molecule has 0 bridgehead atoms. The SMILES string of the molecule is CC(=O)c1cccc(-c2cc(C)c(F)cc2F)c1. The maximum absolute atomic E-state index is 13.7. The molecule has 0 aromatic heterocycles. The second kappa shape index (κ2) is 4.69. The van der Waals surface area contributed by atoms with E-state index < -0.39 is 11.6 Å². The molecule has 0 amide bonds. The van der Waals surface area contributed by atoms with Crippen LogP contribution in [0.4, 0.5) is 8.78 Å². The molecule has 1 nitrogen and oxygen atoms in total. The minimum Gasteiger partial charge on any atom is -0.295 e. The van der Waals surface area contributed by atoms with E-state index in [4.69, 9.17) is 0 Å². The van der Waals surface area contributed by atoms with E-state index in [1.807, 2.05) is 0 Å². The van der Waals surface area contributed by atoms with Crippen molar-refractivity contribution in [3.8, 4) is 11.1 Å². The Labute approximate surface area is 104 Å². The molecular weight excluding hydrogens is 234 g/mol. The van der Waals surface area contributed by atoms with Gasteiger partial charge in [-0.2, -0.15) is 0 Å². The van der Waals surface area contributed by atoms with Gasteiger partial charge in [-0.3, -0.25) is 4.79 Å². The Kier molecular flexibility index (Phi) is 3.24. The van der Waals surface area contributed by atoms with Crippen molar-refractivity contribution in [2.75, 3.05) is 0 Å². The average Bonchev–Trinajstić information content (AvgIpc) is 2.34. The van der Waals surface area contributed by atoms with Crippen molar-refractivity contribution in [3.63, 3.8) is 0 Å². The normalized spacial score (nSPS) is 10.4. The molecule has 3 heteroatoms. The summed E-state index contributed by atoms with van der Waals surface area (Å²) in [6.07, 6.45) is 0. The Hall–Kier alpha value is -2.03. The topological polar surface area (TPSA) is 17.1 Å². The van der Waals surface area contributed by atoms with Crippen LogP contribution in [0.1, 0.15) is 22.8 Å². The largest absolute Gasteiger partial charge is 0.295 e. The standard InChI is InChI=1S/C15H12F2O/c1-9-6-13(15(17)8-14(9)16)12-5-3-4-11(7-12)10(2)18/h3-8H,1-2H3. The van der Waals surface area contributed by atoms with Crippen LogP contribution in [0.5, 0.6) is 0 Å². The Balaban J connectivity index is 2.58. The van der Waals surface area contributed by atoms with Crippen LogP contribution in [0, 0.1) is 18.6 Å². The number of benzene rings is 2. The Morgan fingerprint density at radius 2 is 1.78 bits per heavy atom. The Morgan fingerprint density at radius 3 is 2.44 bits per heavy atom. The van der Waals surface area contributed by atoms with Gasteiger partial charge in [0.1, 0.15) is 11.6 Å². The number of carbonyl (C=O) groups excluding carboxylic acids is 1. The van der Waals surface area contributed by atoms with Crippen LogP contribution in [-0.4, -0.2) is 5.78 Å². The summed E-state index contributed by atoms with van der Waals surface area (Å²) in [4.78, 5) is 11.3. The maximum Gasteiger partial charge on any atom is 0.159 e. The lowest BCUT2D eigenvalue weighted by atomic mass is 9.99. The molecule has 0 fully saturated rings. The number of hydrogen-bond donors (Lipinski definition) is 0. The number of aryl methyl sites for hydroxylation is 1. The molecule has 0 radical (unpaired) electrons. The molecule has 0 heterocycles. The lowest BCUT2D eigenvalue weighted by molar-refractivity contribution is 0.101. The Morgan fingerprint density at radius 1 is 1.06 bits per heavy atom. The minimum absolute atomic E-state index is 0.0870. The first-order valence-corrected chi connectivity index (χ1v) is 5.56. The molecule has 0 saturated carbocycles. The predicted octanol–water partition coefficient (Wildman–Crippen LogP) is 4.14. The highest BCUT2D eigenvalue weighted by atomic mass is 19.1. The van der Waals surface area contributed by atoms with Crippen LogP contribution in [0.3, 0.4) is 0 Å². The second-order valence-electron chi connectivity index (χ2n) is 4.22. The summed E-state index contributed by atoms with van der Waals surface area (Å²) in [6, 6.07) is 8.97. The molecule has 0 unspecified atom stereocenters. The number of hydrogen-bond acceptors (Lipinski definition) is 1. The molecule has 0 atom stereocenters. The summed E-state index contributed by atoms with van der Waals surface area (Å²) in [5, 5.41) is 0. The first-order valence-electron chi connectivity index (χ1n) is 5.56. The van der Waals surface area contributed by atoms with Gasteiger partial charge in [0.25, 0.3) is 0 Å². The number of halogens is 2. The monoisotopic (exact) mass is 246 g/mol. The van der Waals surface area contributed by atoms with Gasteiger partial charge in [0.05, 0.1) is 0 Å². The first-order chi connectivity index (χ1) is 8.49. The summed E-state index contributed by atoms with van der Waals surface area (Å²) in [5.74, 6) is -1.28. The smallest absolute Gasteiger partial charge is 0.159 e. The summed E-state index contributed by atoms with van der Waals surface area (Å²) < 4.78 is 26.9. The van der Waals surface area contributed by atoms with Gasteiger partial charge in [0.15, 0.2) is 5.78 Å². The molecule has 0 saturated heterocycles. The lowest BCUT2D eigenvalue weighted by Crippen LogP contribution is -1.94. The molecule has 2 aromatic rings. The summed E-state index contributed by atoms with van der Waals surface area (Å²) >= 11 is 0. The van der Waals surface area contributed by atoms with Crippen LogP contribution in [0.25, 0.3) is 11.1 Å². The number of Topliss-reactive ketones (excluding diaryl/α,β-unsaturated/α-hetero) is 1. The fraction of sp³-hybridized carbons (Fsp3) is 0.133. The predicted molar refractivity (Wildman–Crippen MR) is 66.5 cm³/mol. The van der Waals surface area contributed by atoms with Gasteiger partial charge in [-0.25, -0.2) is 8.78 Å². The molecule has 0 N–H and O–H groups in total. The molecule has 92 valence electrons.